The molecule has 2 aromatic carbocycles. The average molecular weight is 312 g/mol. The van der Waals surface area contributed by atoms with E-state index in [9.17, 15) is 4.79 Å². The number of hydrogen-bond donors (Lipinski definition) is 2. The summed E-state index contributed by atoms with van der Waals surface area (Å²) in [5.41, 5.74) is 8.89. The first-order valence-corrected chi connectivity index (χ1v) is 7.62. The minimum atomic E-state index is -0.673. The maximum atomic E-state index is 12.2. The van der Waals surface area contributed by atoms with Gasteiger partial charge in [0.25, 0.3) is 0 Å². The zero-order valence-corrected chi connectivity index (χ0v) is 13.0. The van der Waals surface area contributed by atoms with Crippen molar-refractivity contribution >= 4 is 5.91 Å². The normalized spacial score (nSPS) is 14.2. The Morgan fingerprint density at radius 2 is 1.83 bits per heavy atom. The summed E-state index contributed by atoms with van der Waals surface area (Å²) in [7, 11) is 0. The summed E-state index contributed by atoms with van der Waals surface area (Å²) in [6.07, 6.45) is 0. The van der Waals surface area contributed by atoms with Gasteiger partial charge in [-0.1, -0.05) is 35.9 Å². The van der Waals surface area contributed by atoms with Crippen LogP contribution in [-0.4, -0.2) is 19.1 Å². The third kappa shape index (κ3) is 3.63. The van der Waals surface area contributed by atoms with Crippen LogP contribution in [0.15, 0.2) is 42.5 Å². The number of nitrogens with two attached hydrogens (primary N) is 1. The van der Waals surface area contributed by atoms with Gasteiger partial charge in [0.15, 0.2) is 11.5 Å². The maximum absolute atomic E-state index is 12.2. The van der Waals surface area contributed by atoms with E-state index in [0.29, 0.717) is 25.5 Å². The predicted molar refractivity (Wildman–Crippen MR) is 87.4 cm³/mol. The Morgan fingerprint density at radius 3 is 2.57 bits per heavy atom. The van der Waals surface area contributed by atoms with Gasteiger partial charge in [0.05, 0.1) is 0 Å². The summed E-state index contributed by atoms with van der Waals surface area (Å²) >= 11 is 0. The number of benzene rings is 2. The number of fused-ring (bicyclic) bond motifs is 1. The molecule has 1 aliphatic heterocycles. The highest BCUT2D eigenvalue weighted by atomic mass is 16.6. The average Bonchev–Trinajstić information content (AvgIpc) is 2.59. The summed E-state index contributed by atoms with van der Waals surface area (Å²) in [5, 5.41) is 2.86. The van der Waals surface area contributed by atoms with Gasteiger partial charge >= 0.3 is 0 Å². The molecule has 1 heterocycles. The topological polar surface area (TPSA) is 73.6 Å². The molecule has 23 heavy (non-hydrogen) atoms. The summed E-state index contributed by atoms with van der Waals surface area (Å²) < 4.78 is 11.0. The van der Waals surface area contributed by atoms with E-state index in [2.05, 4.69) is 5.32 Å². The quantitative estimate of drug-likeness (QED) is 0.906. The molecule has 2 aromatic rings. The van der Waals surface area contributed by atoms with Crippen LogP contribution in [0.4, 0.5) is 0 Å². The molecule has 1 unspecified atom stereocenters. The highest BCUT2D eigenvalue weighted by Crippen LogP contribution is 2.30. The fraction of sp³-hybridized carbons (Fsp3) is 0.278. The van der Waals surface area contributed by atoms with Crippen LogP contribution in [0.5, 0.6) is 11.5 Å². The molecule has 0 fully saturated rings. The van der Waals surface area contributed by atoms with Crippen molar-refractivity contribution in [3.8, 4) is 11.5 Å². The number of nitrogens with one attached hydrogen (secondary N) is 1. The van der Waals surface area contributed by atoms with Crippen molar-refractivity contribution < 1.29 is 14.3 Å². The van der Waals surface area contributed by atoms with Crippen LogP contribution in [0.1, 0.15) is 22.7 Å². The van der Waals surface area contributed by atoms with E-state index in [0.717, 1.165) is 22.4 Å². The molecule has 1 atom stereocenters. The van der Waals surface area contributed by atoms with Gasteiger partial charge in [0.1, 0.15) is 19.3 Å². The molecule has 0 saturated carbocycles. The maximum Gasteiger partial charge on any atom is 0.241 e. The second kappa shape index (κ2) is 6.71. The van der Waals surface area contributed by atoms with Crippen molar-refractivity contribution in [3.63, 3.8) is 0 Å². The second-order valence-corrected chi connectivity index (χ2v) is 5.58. The first-order chi connectivity index (χ1) is 11.1. The molecule has 0 aromatic heterocycles. The van der Waals surface area contributed by atoms with Gasteiger partial charge in [-0.3, -0.25) is 4.79 Å². The Balaban J connectivity index is 1.61. The van der Waals surface area contributed by atoms with Crippen LogP contribution >= 0.6 is 0 Å². The van der Waals surface area contributed by atoms with Crippen molar-refractivity contribution in [2.45, 2.75) is 19.5 Å². The zero-order valence-electron chi connectivity index (χ0n) is 13.0. The fourth-order valence-electron chi connectivity index (χ4n) is 2.42. The number of rotatable bonds is 4. The summed E-state index contributed by atoms with van der Waals surface area (Å²) in [6, 6.07) is 12.6. The molecular formula is C18H20N2O3. The van der Waals surface area contributed by atoms with Gasteiger partial charge in [-0.25, -0.2) is 0 Å². The summed E-state index contributed by atoms with van der Waals surface area (Å²) in [6.45, 7) is 3.50. The molecule has 0 bridgehead atoms. The first kappa shape index (κ1) is 15.4. The summed E-state index contributed by atoms with van der Waals surface area (Å²) in [4.78, 5) is 12.2. The molecule has 120 valence electrons. The van der Waals surface area contributed by atoms with E-state index in [-0.39, 0.29) is 5.91 Å². The number of ether oxygens (including phenoxy) is 2. The number of carbonyl (C=O) groups is 1. The summed E-state index contributed by atoms with van der Waals surface area (Å²) in [5.74, 6) is 1.25. The highest BCUT2D eigenvalue weighted by molar-refractivity contribution is 5.82. The lowest BCUT2D eigenvalue weighted by molar-refractivity contribution is -0.122. The second-order valence-electron chi connectivity index (χ2n) is 5.58. The molecule has 5 nitrogen and oxygen atoms in total. The van der Waals surface area contributed by atoms with Crippen LogP contribution < -0.4 is 20.5 Å². The lowest BCUT2D eigenvalue weighted by atomic mass is 10.1. The minimum absolute atomic E-state index is 0.205. The van der Waals surface area contributed by atoms with E-state index < -0.39 is 6.04 Å². The molecule has 0 aliphatic carbocycles. The number of aryl methyl sites for hydroxylation is 1. The molecule has 1 aliphatic rings. The molecule has 5 heteroatoms. The van der Waals surface area contributed by atoms with Crippen LogP contribution in [0.2, 0.25) is 0 Å². The predicted octanol–water partition coefficient (Wildman–Crippen LogP) is 2.08. The Morgan fingerprint density at radius 1 is 1.13 bits per heavy atom. The monoisotopic (exact) mass is 312 g/mol. The number of amides is 1. The SMILES string of the molecule is Cc1ccc(C(N)C(=O)NCc2ccc3c(c2)OCCO3)cc1. The van der Waals surface area contributed by atoms with E-state index in [1.807, 2.05) is 49.4 Å². The third-order valence-corrected chi connectivity index (χ3v) is 3.79. The standard InChI is InChI=1S/C18H20N2O3/c1-12-2-5-14(6-3-12)17(19)18(21)20-11-13-4-7-15-16(10-13)23-9-8-22-15/h2-7,10,17H,8-9,11,19H2,1H3,(H,20,21). The van der Waals surface area contributed by atoms with Gasteiger partial charge in [-0.05, 0) is 30.2 Å². The first-order valence-electron chi connectivity index (χ1n) is 7.62. The smallest absolute Gasteiger partial charge is 0.241 e. The molecule has 0 saturated heterocycles. The van der Waals surface area contributed by atoms with Crippen molar-refractivity contribution in [1.82, 2.24) is 5.32 Å². The van der Waals surface area contributed by atoms with Crippen LogP contribution in [-0.2, 0) is 11.3 Å². The van der Waals surface area contributed by atoms with Crippen molar-refractivity contribution in [1.29, 1.82) is 0 Å². The van der Waals surface area contributed by atoms with Gasteiger partial charge in [-0.15, -0.1) is 0 Å². The molecule has 3 N–H and O–H groups in total. The Hall–Kier alpha value is -2.53. The molecular weight excluding hydrogens is 292 g/mol. The number of carbonyl (C=O) groups excluding carboxylic acids is 1. The molecule has 3 rings (SSSR count). The lowest BCUT2D eigenvalue weighted by Gasteiger charge is -2.19. The molecule has 0 spiro atoms. The van der Waals surface area contributed by atoms with Gasteiger partial charge in [0.2, 0.25) is 5.91 Å². The zero-order chi connectivity index (χ0) is 16.2. The van der Waals surface area contributed by atoms with Crippen molar-refractivity contribution in [2.24, 2.45) is 5.73 Å². The van der Waals surface area contributed by atoms with E-state index in [1.165, 1.54) is 0 Å². The van der Waals surface area contributed by atoms with Crippen LogP contribution in [0, 0.1) is 6.92 Å². The van der Waals surface area contributed by atoms with Crippen LogP contribution in [0.25, 0.3) is 0 Å². The Labute approximate surface area is 135 Å². The van der Waals surface area contributed by atoms with Gasteiger partial charge < -0.3 is 20.5 Å². The van der Waals surface area contributed by atoms with Gasteiger partial charge in [0, 0.05) is 6.54 Å². The van der Waals surface area contributed by atoms with Gasteiger partial charge in [-0.2, -0.15) is 0 Å². The highest BCUT2D eigenvalue weighted by Gasteiger charge is 2.16. The van der Waals surface area contributed by atoms with E-state index >= 15 is 0 Å². The van der Waals surface area contributed by atoms with Crippen molar-refractivity contribution in [3.05, 3.63) is 59.2 Å². The van der Waals surface area contributed by atoms with Crippen molar-refractivity contribution in [2.75, 3.05) is 13.2 Å². The molecule has 1 amide bonds. The van der Waals surface area contributed by atoms with E-state index in [4.69, 9.17) is 15.2 Å². The largest absolute Gasteiger partial charge is 0.486 e. The fourth-order valence-corrected chi connectivity index (χ4v) is 2.42. The van der Waals surface area contributed by atoms with Crippen LogP contribution in [0.3, 0.4) is 0 Å². The third-order valence-electron chi connectivity index (χ3n) is 3.79. The lowest BCUT2D eigenvalue weighted by Crippen LogP contribution is -2.33. The number of hydrogen-bond acceptors (Lipinski definition) is 4. The minimum Gasteiger partial charge on any atom is -0.486 e. The van der Waals surface area contributed by atoms with E-state index in [1.54, 1.807) is 0 Å². The Bertz CT molecular complexity index is 698. The Kier molecular flexibility index (Phi) is 4.48. The molecule has 0 radical (unpaired) electrons.